The molecule has 0 aliphatic rings. The van der Waals surface area contributed by atoms with Crippen molar-refractivity contribution in [3.05, 3.63) is 35.6 Å². The zero-order valence-electron chi connectivity index (χ0n) is 9.78. The number of carboxylic acids is 1. The molecule has 0 fully saturated rings. The Morgan fingerprint density at radius 1 is 1.53 bits per heavy atom. The van der Waals surface area contributed by atoms with Crippen LogP contribution in [-0.2, 0) is 16.6 Å². The Morgan fingerprint density at radius 2 is 2.26 bits per heavy atom. The number of carboxylic acid groups (broad SMARTS) is 1. The predicted octanol–water partition coefficient (Wildman–Crippen LogP) is 0.753. The van der Waals surface area contributed by atoms with E-state index >= 15 is 0 Å². The van der Waals surface area contributed by atoms with Gasteiger partial charge >= 0.3 is 5.97 Å². The highest BCUT2D eigenvalue weighted by atomic mass is 32.2. The number of aryl methyl sites for hydroxylation is 1. The van der Waals surface area contributed by atoms with Gasteiger partial charge in [0.15, 0.2) is 5.76 Å². The van der Waals surface area contributed by atoms with Gasteiger partial charge in [0.25, 0.3) is 0 Å². The number of nitrogens with zero attached hydrogens (tertiary/aromatic N) is 1. The minimum absolute atomic E-state index is 0.00229. The van der Waals surface area contributed by atoms with Crippen molar-refractivity contribution in [2.45, 2.75) is 18.4 Å². The lowest BCUT2D eigenvalue weighted by Gasteiger charge is -2.02. The Balaban J connectivity index is 2.22. The molecule has 0 saturated carbocycles. The average Bonchev–Trinajstić information content (AvgIpc) is 2.95. The van der Waals surface area contributed by atoms with E-state index in [2.05, 4.69) is 9.88 Å². The number of sulfonamides is 1. The fraction of sp³-hybridized carbons (Fsp3) is 0.200. The van der Waals surface area contributed by atoms with Gasteiger partial charge in [0.1, 0.15) is 10.7 Å². The maximum absolute atomic E-state index is 12.0. The second kappa shape index (κ2) is 4.86. The Labute approximate surface area is 108 Å². The standard InChI is InChI=1S/C10H10N2O6S/c1-6-9(4-8(17-6)10(13)14)19(15,16)12-5-7-2-3-11-18-7/h2-4,12H,5H2,1H3,(H,13,14). The van der Waals surface area contributed by atoms with E-state index in [9.17, 15) is 13.2 Å². The zero-order chi connectivity index (χ0) is 14.0. The van der Waals surface area contributed by atoms with E-state index in [-0.39, 0.29) is 17.2 Å². The lowest BCUT2D eigenvalue weighted by molar-refractivity contribution is 0.0661. The quantitative estimate of drug-likeness (QED) is 0.831. The summed E-state index contributed by atoms with van der Waals surface area (Å²) in [6.45, 7) is 1.28. The lowest BCUT2D eigenvalue weighted by atomic mass is 10.4. The summed E-state index contributed by atoms with van der Waals surface area (Å²) in [4.78, 5) is 10.5. The summed E-state index contributed by atoms with van der Waals surface area (Å²) in [7, 11) is -3.87. The highest BCUT2D eigenvalue weighted by molar-refractivity contribution is 7.89. The summed E-state index contributed by atoms with van der Waals surface area (Å²) in [6.07, 6.45) is 1.38. The summed E-state index contributed by atoms with van der Waals surface area (Å²) in [5.41, 5.74) is 0. The van der Waals surface area contributed by atoms with Crippen molar-refractivity contribution >= 4 is 16.0 Å². The maximum Gasteiger partial charge on any atom is 0.371 e. The zero-order valence-corrected chi connectivity index (χ0v) is 10.6. The van der Waals surface area contributed by atoms with E-state index in [0.29, 0.717) is 5.76 Å². The molecule has 0 aromatic carbocycles. The van der Waals surface area contributed by atoms with Crippen molar-refractivity contribution in [1.29, 1.82) is 0 Å². The number of aromatic carboxylic acids is 1. The molecule has 19 heavy (non-hydrogen) atoms. The average molecular weight is 286 g/mol. The van der Waals surface area contributed by atoms with Crippen LogP contribution in [0, 0.1) is 6.92 Å². The monoisotopic (exact) mass is 286 g/mol. The van der Waals surface area contributed by atoms with Gasteiger partial charge in [-0.15, -0.1) is 0 Å². The molecule has 0 atom stereocenters. The van der Waals surface area contributed by atoms with Crippen LogP contribution >= 0.6 is 0 Å². The normalized spacial score (nSPS) is 11.6. The van der Waals surface area contributed by atoms with Gasteiger partial charge in [-0.3, -0.25) is 0 Å². The van der Waals surface area contributed by atoms with E-state index in [1.54, 1.807) is 0 Å². The largest absolute Gasteiger partial charge is 0.475 e. The van der Waals surface area contributed by atoms with Gasteiger partial charge in [0.2, 0.25) is 15.8 Å². The smallest absolute Gasteiger partial charge is 0.371 e. The molecular weight excluding hydrogens is 276 g/mol. The number of nitrogens with one attached hydrogen (secondary N) is 1. The van der Waals surface area contributed by atoms with E-state index in [1.165, 1.54) is 19.2 Å². The predicted molar refractivity (Wildman–Crippen MR) is 60.9 cm³/mol. The molecular formula is C10H10N2O6S. The molecule has 2 aromatic heterocycles. The first-order chi connectivity index (χ1) is 8.90. The van der Waals surface area contributed by atoms with Crippen molar-refractivity contribution in [3.8, 4) is 0 Å². The van der Waals surface area contributed by atoms with Crippen molar-refractivity contribution < 1.29 is 27.3 Å². The molecule has 0 spiro atoms. The van der Waals surface area contributed by atoms with Gasteiger partial charge in [0, 0.05) is 12.1 Å². The molecule has 0 bridgehead atoms. The van der Waals surface area contributed by atoms with Crippen molar-refractivity contribution in [3.63, 3.8) is 0 Å². The van der Waals surface area contributed by atoms with Crippen LogP contribution in [0.3, 0.4) is 0 Å². The van der Waals surface area contributed by atoms with Crippen LogP contribution in [0.1, 0.15) is 22.1 Å². The molecule has 2 N–H and O–H groups in total. The maximum atomic E-state index is 12.0. The summed E-state index contributed by atoms with van der Waals surface area (Å²) in [5, 5.41) is 12.2. The second-order valence-electron chi connectivity index (χ2n) is 3.64. The number of rotatable bonds is 5. The Kier molecular flexibility index (Phi) is 3.40. The van der Waals surface area contributed by atoms with Gasteiger partial charge in [-0.2, -0.15) is 0 Å². The Morgan fingerprint density at radius 3 is 2.79 bits per heavy atom. The third-order valence-electron chi connectivity index (χ3n) is 2.30. The Hall–Kier alpha value is -2.13. The van der Waals surface area contributed by atoms with E-state index in [0.717, 1.165) is 6.07 Å². The third-order valence-corrected chi connectivity index (χ3v) is 3.81. The van der Waals surface area contributed by atoms with Crippen LogP contribution in [-0.4, -0.2) is 24.7 Å². The first-order valence-electron chi connectivity index (χ1n) is 5.13. The number of hydrogen-bond donors (Lipinski definition) is 2. The topological polar surface area (TPSA) is 123 Å². The molecule has 0 aliphatic carbocycles. The molecule has 102 valence electrons. The second-order valence-corrected chi connectivity index (χ2v) is 5.37. The molecule has 9 heteroatoms. The molecule has 8 nitrogen and oxygen atoms in total. The summed E-state index contributed by atoms with van der Waals surface area (Å²) in [5.74, 6) is -1.43. The van der Waals surface area contributed by atoms with Gasteiger partial charge in [0.05, 0.1) is 12.7 Å². The summed E-state index contributed by atoms with van der Waals surface area (Å²) in [6, 6.07) is 2.47. The molecule has 2 rings (SSSR count). The molecule has 0 aliphatic heterocycles. The molecule has 0 amide bonds. The number of aromatic nitrogens is 1. The highest BCUT2D eigenvalue weighted by Crippen LogP contribution is 2.20. The van der Waals surface area contributed by atoms with E-state index in [1.807, 2.05) is 0 Å². The van der Waals surface area contributed by atoms with E-state index in [4.69, 9.17) is 14.0 Å². The van der Waals surface area contributed by atoms with Crippen molar-refractivity contribution in [2.75, 3.05) is 0 Å². The van der Waals surface area contributed by atoms with Gasteiger partial charge in [-0.1, -0.05) is 5.16 Å². The molecule has 2 aromatic rings. The minimum atomic E-state index is -3.87. The van der Waals surface area contributed by atoms with Crippen molar-refractivity contribution in [2.24, 2.45) is 0 Å². The van der Waals surface area contributed by atoms with Crippen molar-refractivity contribution in [1.82, 2.24) is 9.88 Å². The third kappa shape index (κ3) is 2.83. The van der Waals surface area contributed by atoms with Crippen LogP contribution < -0.4 is 4.72 Å². The Bertz CT molecular complexity index is 686. The van der Waals surface area contributed by atoms with Crippen LogP contribution in [0.5, 0.6) is 0 Å². The SMILES string of the molecule is Cc1oc(C(=O)O)cc1S(=O)(=O)NCc1ccno1. The molecule has 0 saturated heterocycles. The fourth-order valence-electron chi connectivity index (χ4n) is 1.41. The van der Waals surface area contributed by atoms with Crippen LogP contribution in [0.25, 0.3) is 0 Å². The number of hydrogen-bond acceptors (Lipinski definition) is 6. The minimum Gasteiger partial charge on any atom is -0.475 e. The van der Waals surface area contributed by atoms with Crippen LogP contribution in [0.15, 0.2) is 32.2 Å². The fourth-order valence-corrected chi connectivity index (χ4v) is 2.58. The van der Waals surface area contributed by atoms with Gasteiger partial charge in [-0.25, -0.2) is 17.9 Å². The first kappa shape index (κ1) is 13.3. The van der Waals surface area contributed by atoms with Gasteiger partial charge < -0.3 is 14.0 Å². The molecule has 0 unspecified atom stereocenters. The van der Waals surface area contributed by atoms with Crippen LogP contribution in [0.4, 0.5) is 0 Å². The lowest BCUT2D eigenvalue weighted by Crippen LogP contribution is -2.23. The van der Waals surface area contributed by atoms with Crippen LogP contribution in [0.2, 0.25) is 0 Å². The number of furan rings is 1. The number of carbonyl (C=O) groups is 1. The summed E-state index contributed by atoms with van der Waals surface area (Å²) >= 11 is 0. The molecule has 0 radical (unpaired) electrons. The highest BCUT2D eigenvalue weighted by Gasteiger charge is 2.23. The van der Waals surface area contributed by atoms with Gasteiger partial charge in [-0.05, 0) is 6.92 Å². The molecule has 2 heterocycles. The van der Waals surface area contributed by atoms with E-state index < -0.39 is 21.8 Å². The first-order valence-corrected chi connectivity index (χ1v) is 6.61. The summed E-state index contributed by atoms with van der Waals surface area (Å²) < 4.78 is 35.8.